The monoisotopic (exact) mass is 728 g/mol. The number of rotatable bonds is 21. The van der Waals surface area contributed by atoms with E-state index in [1.807, 2.05) is 24.3 Å². The first-order valence-corrected chi connectivity index (χ1v) is 17.4. The van der Waals surface area contributed by atoms with E-state index in [1.165, 1.54) is 6.92 Å². The number of guanidine groups is 1. The molecule has 0 aliphatic carbocycles. The third-order valence-electron chi connectivity index (χ3n) is 7.74. The van der Waals surface area contributed by atoms with E-state index in [1.54, 1.807) is 6.07 Å². The smallest absolute Gasteiger partial charge is 0.314 e. The highest BCUT2D eigenvalue weighted by Crippen LogP contribution is 2.32. The lowest BCUT2D eigenvalue weighted by molar-refractivity contribution is -0.119. The molecular weight excluding hydrogens is 680 g/mol. The number of hydrogen-bond acceptors (Lipinski definition) is 11. The summed E-state index contributed by atoms with van der Waals surface area (Å²) in [4.78, 5) is 36.5. The molecule has 0 bridgehead atoms. The average Bonchev–Trinajstić information content (AvgIpc) is 3.11. The maximum absolute atomic E-state index is 11.9. The molecule has 1 aliphatic rings. The number of aromatic nitrogens is 2. The summed E-state index contributed by atoms with van der Waals surface area (Å²) in [6.07, 6.45) is 0. The van der Waals surface area contributed by atoms with Gasteiger partial charge in [0.2, 0.25) is 11.9 Å². The van der Waals surface area contributed by atoms with Crippen molar-refractivity contribution in [2.45, 2.75) is 6.92 Å². The molecule has 0 saturated carbocycles. The fourth-order valence-corrected chi connectivity index (χ4v) is 5.42. The van der Waals surface area contributed by atoms with Crippen molar-refractivity contribution in [3.05, 3.63) is 47.5 Å². The van der Waals surface area contributed by atoms with Gasteiger partial charge in [-0.05, 0) is 30.3 Å². The van der Waals surface area contributed by atoms with E-state index in [2.05, 4.69) is 53.2 Å². The number of benzene rings is 2. The zero-order chi connectivity index (χ0) is 36.3. The van der Waals surface area contributed by atoms with E-state index in [-0.39, 0.29) is 23.8 Å². The van der Waals surface area contributed by atoms with Crippen molar-refractivity contribution in [2.75, 3.05) is 115 Å². The van der Waals surface area contributed by atoms with E-state index < -0.39 is 0 Å². The number of nitrogens with zero attached hydrogens (tertiary/aromatic N) is 4. The summed E-state index contributed by atoms with van der Waals surface area (Å²) in [6, 6.07) is 13.4. The number of ether oxygens (including phenoxy) is 4. The second kappa shape index (κ2) is 21.8. The van der Waals surface area contributed by atoms with E-state index in [4.69, 9.17) is 41.7 Å². The van der Waals surface area contributed by atoms with Gasteiger partial charge < -0.3 is 45.5 Å². The van der Waals surface area contributed by atoms with Crippen LogP contribution in [0.15, 0.2) is 42.5 Å². The van der Waals surface area contributed by atoms with Gasteiger partial charge in [0.1, 0.15) is 0 Å². The summed E-state index contributed by atoms with van der Waals surface area (Å²) < 4.78 is 22.0. The van der Waals surface area contributed by atoms with Gasteiger partial charge in [-0.2, -0.15) is 0 Å². The molecule has 7 N–H and O–H groups in total. The lowest BCUT2D eigenvalue weighted by atomic mass is 10.1. The second-order valence-corrected chi connectivity index (χ2v) is 12.0. The Morgan fingerprint density at radius 2 is 1.45 bits per heavy atom. The Bertz CT molecular complexity index is 1560. The number of carbonyl (C=O) groups excluding carboxylic acids is 2. The molecule has 3 aromatic rings. The first-order chi connectivity index (χ1) is 24.8. The molecule has 16 nitrogen and oxygen atoms in total. The SMILES string of the molecule is CC(=O)NCCOCCOCCNC(=O)NCCOCCOCCN1CCN(c2cccc(-c3nc(NC(=N)N)nc4ccc(Cl)cc34)c2)CC1. The quantitative estimate of drug-likeness (QED) is 0.0529. The van der Waals surface area contributed by atoms with Crippen LogP contribution in [0.5, 0.6) is 0 Å². The molecule has 17 heteroatoms. The molecule has 0 radical (unpaired) electrons. The van der Waals surface area contributed by atoms with Crippen molar-refractivity contribution >= 4 is 52.0 Å². The highest BCUT2D eigenvalue weighted by molar-refractivity contribution is 6.31. The minimum absolute atomic E-state index is 0.0852. The minimum atomic E-state index is -0.278. The van der Waals surface area contributed by atoms with Crippen LogP contribution in [0.3, 0.4) is 0 Å². The van der Waals surface area contributed by atoms with E-state index in [0.29, 0.717) is 88.7 Å². The number of urea groups is 1. The fraction of sp³-hybridized carbons (Fsp3) is 0.500. The maximum Gasteiger partial charge on any atom is 0.314 e. The third kappa shape index (κ3) is 14.4. The fourth-order valence-electron chi connectivity index (χ4n) is 5.25. The van der Waals surface area contributed by atoms with Crippen molar-refractivity contribution in [1.82, 2.24) is 30.8 Å². The van der Waals surface area contributed by atoms with E-state index >= 15 is 0 Å². The van der Waals surface area contributed by atoms with Crippen molar-refractivity contribution in [1.29, 1.82) is 5.41 Å². The Morgan fingerprint density at radius 3 is 2.08 bits per heavy atom. The summed E-state index contributed by atoms with van der Waals surface area (Å²) in [5.74, 6) is -0.0623. The lowest BCUT2D eigenvalue weighted by Crippen LogP contribution is -2.47. The Labute approximate surface area is 303 Å². The van der Waals surface area contributed by atoms with Gasteiger partial charge in [0.15, 0.2) is 5.96 Å². The Morgan fingerprint density at radius 1 is 0.824 bits per heavy atom. The molecule has 1 aliphatic heterocycles. The van der Waals surface area contributed by atoms with Crippen LogP contribution in [-0.4, -0.2) is 138 Å². The van der Waals surface area contributed by atoms with Crippen molar-refractivity contribution in [3.8, 4) is 11.3 Å². The second-order valence-electron chi connectivity index (χ2n) is 11.6. The number of amides is 3. The van der Waals surface area contributed by atoms with Crippen LogP contribution in [0.2, 0.25) is 5.02 Å². The molecule has 51 heavy (non-hydrogen) atoms. The van der Waals surface area contributed by atoms with Crippen LogP contribution in [-0.2, 0) is 23.7 Å². The molecule has 278 valence electrons. The number of piperazine rings is 1. The van der Waals surface area contributed by atoms with E-state index in [9.17, 15) is 9.59 Å². The van der Waals surface area contributed by atoms with Crippen molar-refractivity contribution < 1.29 is 28.5 Å². The number of carbonyl (C=O) groups is 2. The van der Waals surface area contributed by atoms with Gasteiger partial charge in [-0.1, -0.05) is 23.7 Å². The van der Waals surface area contributed by atoms with Gasteiger partial charge in [-0.15, -0.1) is 0 Å². The molecule has 1 aromatic heterocycles. The third-order valence-corrected chi connectivity index (χ3v) is 7.98. The van der Waals surface area contributed by atoms with Crippen LogP contribution in [0.4, 0.5) is 16.4 Å². The molecule has 3 amide bonds. The van der Waals surface area contributed by atoms with Gasteiger partial charge >= 0.3 is 6.03 Å². The maximum atomic E-state index is 11.9. The Balaban J connectivity index is 1.04. The van der Waals surface area contributed by atoms with Gasteiger partial charge in [-0.25, -0.2) is 14.8 Å². The van der Waals surface area contributed by atoms with Crippen molar-refractivity contribution in [2.24, 2.45) is 5.73 Å². The minimum Gasteiger partial charge on any atom is -0.378 e. The van der Waals surface area contributed by atoms with Gasteiger partial charge in [0.05, 0.1) is 64.1 Å². The lowest BCUT2D eigenvalue weighted by Gasteiger charge is -2.36. The predicted octanol–water partition coefficient (Wildman–Crippen LogP) is 1.88. The number of nitrogens with one attached hydrogen (secondary N) is 5. The Kier molecular flexibility index (Phi) is 16.9. The zero-order valence-electron chi connectivity index (χ0n) is 29.0. The molecule has 4 rings (SSSR count). The van der Waals surface area contributed by atoms with Crippen molar-refractivity contribution in [3.63, 3.8) is 0 Å². The number of anilines is 2. The first-order valence-electron chi connectivity index (χ1n) is 17.0. The van der Waals surface area contributed by atoms with Crippen LogP contribution < -0.4 is 31.9 Å². The zero-order valence-corrected chi connectivity index (χ0v) is 29.8. The summed E-state index contributed by atoms with van der Waals surface area (Å²) >= 11 is 6.32. The molecule has 0 spiro atoms. The summed E-state index contributed by atoms with van der Waals surface area (Å²) in [5.41, 5.74) is 8.98. The van der Waals surface area contributed by atoms with Crippen LogP contribution in [0, 0.1) is 5.41 Å². The van der Waals surface area contributed by atoms with Gasteiger partial charge in [0, 0.05) is 80.9 Å². The number of halogens is 1. The number of hydrogen-bond donors (Lipinski definition) is 6. The predicted molar refractivity (Wildman–Crippen MR) is 198 cm³/mol. The highest BCUT2D eigenvalue weighted by atomic mass is 35.5. The van der Waals surface area contributed by atoms with Crippen LogP contribution in [0.25, 0.3) is 22.2 Å². The summed E-state index contributed by atoms with van der Waals surface area (Å²) in [7, 11) is 0. The average molecular weight is 729 g/mol. The molecule has 2 heterocycles. The molecular formula is C34H49ClN10O6. The molecule has 0 unspecified atom stereocenters. The first kappa shape index (κ1) is 39.5. The standard InChI is InChI=1S/C34H49ClN10O6/c1-25(46)38-7-15-48-19-20-49-16-8-39-34(47)40-9-17-50-21-22-51-18-14-44-10-12-45(13-11-44)28-4-2-3-26(23-28)31-29-24-27(35)5-6-30(29)41-33(42-31)43-32(36)37/h2-6,23-24H,7-22H2,1H3,(H,38,46)(H2,39,40,47)(H4,36,37,41,42,43). The Hall–Kier alpha value is -4.32. The molecule has 0 atom stereocenters. The van der Waals surface area contributed by atoms with Gasteiger partial charge in [0.25, 0.3) is 0 Å². The summed E-state index contributed by atoms with van der Waals surface area (Å²) in [5, 5.41) is 19.8. The van der Waals surface area contributed by atoms with Crippen LogP contribution in [0.1, 0.15) is 6.92 Å². The summed E-state index contributed by atoms with van der Waals surface area (Å²) in [6.45, 7) is 10.7. The largest absolute Gasteiger partial charge is 0.378 e. The van der Waals surface area contributed by atoms with E-state index in [0.717, 1.165) is 49.4 Å². The molecule has 2 aromatic carbocycles. The highest BCUT2D eigenvalue weighted by Gasteiger charge is 2.18. The molecule has 1 fully saturated rings. The number of fused-ring (bicyclic) bond motifs is 1. The number of nitrogens with two attached hydrogens (primary N) is 1. The van der Waals surface area contributed by atoms with Gasteiger partial charge in [-0.3, -0.25) is 20.4 Å². The normalized spacial score (nSPS) is 13.3. The topological polar surface area (TPSA) is 201 Å². The van der Waals surface area contributed by atoms with Crippen LogP contribution >= 0.6 is 11.6 Å². The molecule has 1 saturated heterocycles.